The first-order valence-corrected chi connectivity index (χ1v) is 11.9. The number of pyridine rings is 2. The lowest BCUT2D eigenvalue weighted by molar-refractivity contribution is -0.140. The average Bonchev–Trinajstić information content (AvgIpc) is 3.55. The van der Waals surface area contributed by atoms with E-state index in [1.165, 1.54) is 19.0 Å². The van der Waals surface area contributed by atoms with Crippen molar-refractivity contribution in [2.45, 2.75) is 44.3 Å². The topological polar surface area (TPSA) is 81.6 Å². The first kappa shape index (κ1) is 23.5. The first-order valence-electron chi connectivity index (χ1n) is 11.9. The molecule has 1 aliphatic heterocycles. The van der Waals surface area contributed by atoms with Crippen LogP contribution in [-0.2, 0) is 12.7 Å². The minimum absolute atomic E-state index is 0.206. The first-order chi connectivity index (χ1) is 17.0. The molecule has 2 fully saturated rings. The van der Waals surface area contributed by atoms with Crippen LogP contribution in [0.5, 0.6) is 0 Å². The number of halogens is 3. The molecule has 35 heavy (non-hydrogen) atoms. The van der Waals surface area contributed by atoms with Gasteiger partial charge in [-0.15, -0.1) is 0 Å². The molecule has 2 N–H and O–H groups in total. The quantitative estimate of drug-likeness (QED) is 0.403. The Hall–Kier alpha value is -3.27. The van der Waals surface area contributed by atoms with Gasteiger partial charge in [0.05, 0.1) is 18.4 Å². The Bertz CT molecular complexity index is 1240. The molecule has 0 radical (unpaired) electrons. The monoisotopic (exact) mass is 483 g/mol. The molecule has 0 aromatic carbocycles. The number of aliphatic imine (C=N–C) groups is 2. The summed E-state index contributed by atoms with van der Waals surface area (Å²) in [7, 11) is 0. The van der Waals surface area contributed by atoms with E-state index in [4.69, 9.17) is 4.99 Å². The van der Waals surface area contributed by atoms with Crippen molar-refractivity contribution in [2.75, 3.05) is 26.2 Å². The molecule has 1 saturated carbocycles. The molecule has 0 spiro atoms. The van der Waals surface area contributed by atoms with E-state index in [2.05, 4.69) is 36.9 Å². The van der Waals surface area contributed by atoms with Crippen LogP contribution < -0.4 is 5.32 Å². The standard InChI is InChI=1S/C25H28F3N7/c1-29-20-15-31-14-19(16-4-2-3-5-16)22(20)24(35-10-8-30-9-11-35)33-13-17-6-7-32-23-18(17)12-21(34-23)25(26,27)28/h6-7,12,14-16,30H,1-5,8-11,13H2,(H,32,34). The molecule has 3 aromatic heterocycles. The number of fused-ring (bicyclic) bond motifs is 1. The van der Waals surface area contributed by atoms with Gasteiger partial charge in [-0.25, -0.2) is 4.98 Å². The van der Waals surface area contributed by atoms with Crippen LogP contribution in [-0.4, -0.2) is 58.6 Å². The SMILES string of the molecule is C=Nc1cncc(C2CCCC2)c1C(=NCc1ccnc2[nH]c(C(F)(F)F)cc12)N1CCNCC1. The third kappa shape index (κ3) is 4.80. The van der Waals surface area contributed by atoms with Crippen molar-refractivity contribution in [3.8, 4) is 0 Å². The lowest BCUT2D eigenvalue weighted by Crippen LogP contribution is -2.47. The van der Waals surface area contributed by atoms with Gasteiger partial charge in [-0.2, -0.15) is 13.2 Å². The predicted octanol–water partition coefficient (Wildman–Crippen LogP) is 4.82. The van der Waals surface area contributed by atoms with Gasteiger partial charge in [-0.1, -0.05) is 12.8 Å². The van der Waals surface area contributed by atoms with E-state index >= 15 is 0 Å². The van der Waals surface area contributed by atoms with E-state index < -0.39 is 11.9 Å². The normalized spacial score (nSPS) is 17.9. The third-order valence-corrected chi connectivity index (χ3v) is 6.89. The maximum Gasteiger partial charge on any atom is 0.431 e. The van der Waals surface area contributed by atoms with Gasteiger partial charge in [0.2, 0.25) is 0 Å². The Balaban J connectivity index is 1.60. The minimum atomic E-state index is -4.47. The molecule has 184 valence electrons. The van der Waals surface area contributed by atoms with Crippen molar-refractivity contribution in [1.29, 1.82) is 0 Å². The number of amidine groups is 1. The minimum Gasteiger partial charge on any atom is -0.354 e. The summed E-state index contributed by atoms with van der Waals surface area (Å²) in [6.45, 7) is 7.19. The highest BCUT2D eigenvalue weighted by Gasteiger charge is 2.33. The number of aromatic nitrogens is 3. The lowest BCUT2D eigenvalue weighted by Gasteiger charge is -2.32. The summed E-state index contributed by atoms with van der Waals surface area (Å²) in [4.78, 5) is 22.4. The summed E-state index contributed by atoms with van der Waals surface area (Å²) in [5, 5.41) is 3.80. The average molecular weight is 484 g/mol. The lowest BCUT2D eigenvalue weighted by atomic mass is 9.92. The fourth-order valence-electron chi connectivity index (χ4n) is 5.12. The molecular formula is C25H28F3N7. The van der Waals surface area contributed by atoms with Gasteiger partial charge in [-0.3, -0.25) is 15.0 Å². The molecular weight excluding hydrogens is 455 g/mol. The number of nitrogens with one attached hydrogen (secondary N) is 2. The van der Waals surface area contributed by atoms with E-state index in [0.29, 0.717) is 22.6 Å². The number of alkyl halides is 3. The van der Waals surface area contributed by atoms with Gasteiger partial charge < -0.3 is 15.2 Å². The van der Waals surface area contributed by atoms with Crippen LogP contribution in [0.2, 0.25) is 0 Å². The van der Waals surface area contributed by atoms with Crippen molar-refractivity contribution >= 4 is 29.3 Å². The molecule has 2 aliphatic rings. The maximum absolute atomic E-state index is 13.3. The Kier molecular flexibility index (Phi) is 6.55. The largest absolute Gasteiger partial charge is 0.431 e. The maximum atomic E-state index is 13.3. The smallest absolute Gasteiger partial charge is 0.354 e. The van der Waals surface area contributed by atoms with Crippen molar-refractivity contribution in [3.63, 3.8) is 0 Å². The number of nitrogens with zero attached hydrogens (tertiary/aromatic N) is 5. The molecule has 1 saturated heterocycles. The fourth-order valence-corrected chi connectivity index (χ4v) is 5.12. The highest BCUT2D eigenvalue weighted by atomic mass is 19.4. The van der Waals surface area contributed by atoms with Gasteiger partial charge in [0.15, 0.2) is 0 Å². The Morgan fingerprint density at radius 2 is 1.94 bits per heavy atom. The summed E-state index contributed by atoms with van der Waals surface area (Å²) in [5.41, 5.74) is 2.84. The van der Waals surface area contributed by atoms with Crippen LogP contribution in [0.15, 0.2) is 40.7 Å². The van der Waals surface area contributed by atoms with E-state index in [0.717, 1.165) is 62.0 Å². The second kappa shape index (κ2) is 9.77. The second-order valence-electron chi connectivity index (χ2n) is 9.05. The van der Waals surface area contributed by atoms with Crippen LogP contribution in [0.3, 0.4) is 0 Å². The highest BCUT2D eigenvalue weighted by Crippen LogP contribution is 2.39. The van der Waals surface area contributed by atoms with Gasteiger partial charge >= 0.3 is 6.18 Å². The fraction of sp³-hybridized carbons (Fsp3) is 0.440. The van der Waals surface area contributed by atoms with Gasteiger partial charge in [-0.05, 0) is 48.7 Å². The van der Waals surface area contributed by atoms with Gasteiger partial charge in [0, 0.05) is 49.5 Å². The second-order valence-corrected chi connectivity index (χ2v) is 9.05. The van der Waals surface area contributed by atoms with Gasteiger partial charge in [0.1, 0.15) is 17.2 Å². The van der Waals surface area contributed by atoms with E-state index in [1.807, 2.05) is 6.20 Å². The zero-order valence-electron chi connectivity index (χ0n) is 19.4. The van der Waals surface area contributed by atoms with Crippen molar-refractivity contribution in [2.24, 2.45) is 9.98 Å². The van der Waals surface area contributed by atoms with E-state index in [9.17, 15) is 13.2 Å². The Labute approximate surface area is 201 Å². The summed E-state index contributed by atoms with van der Waals surface area (Å²) in [5.74, 6) is 1.19. The summed E-state index contributed by atoms with van der Waals surface area (Å²) >= 11 is 0. The number of aromatic amines is 1. The molecule has 0 bridgehead atoms. The number of H-pyrrole nitrogens is 1. The van der Waals surface area contributed by atoms with Crippen LogP contribution in [0.1, 0.15) is 54.0 Å². The van der Waals surface area contributed by atoms with Gasteiger partial charge in [0.25, 0.3) is 0 Å². The van der Waals surface area contributed by atoms with Crippen molar-refractivity contribution in [1.82, 2.24) is 25.2 Å². The zero-order valence-corrected chi connectivity index (χ0v) is 19.4. The molecule has 0 unspecified atom stereocenters. The Morgan fingerprint density at radius 1 is 1.17 bits per heavy atom. The molecule has 0 amide bonds. The number of piperazine rings is 1. The van der Waals surface area contributed by atoms with E-state index in [-0.39, 0.29) is 12.2 Å². The number of hydrogen-bond donors (Lipinski definition) is 2. The molecule has 3 aromatic rings. The van der Waals surface area contributed by atoms with Crippen LogP contribution >= 0.6 is 0 Å². The van der Waals surface area contributed by atoms with Crippen molar-refractivity contribution in [3.05, 3.63) is 53.1 Å². The number of hydrogen-bond acceptors (Lipinski definition) is 5. The summed E-state index contributed by atoms with van der Waals surface area (Å²) < 4.78 is 39.9. The van der Waals surface area contributed by atoms with Crippen LogP contribution in [0.25, 0.3) is 11.0 Å². The summed E-state index contributed by atoms with van der Waals surface area (Å²) in [6.07, 6.45) is 5.23. The highest BCUT2D eigenvalue weighted by molar-refractivity contribution is 6.04. The molecule has 0 atom stereocenters. The molecule has 10 heteroatoms. The van der Waals surface area contributed by atoms with Crippen LogP contribution in [0, 0.1) is 0 Å². The predicted molar refractivity (Wildman–Crippen MR) is 130 cm³/mol. The van der Waals surface area contributed by atoms with E-state index in [1.54, 1.807) is 12.3 Å². The molecule has 4 heterocycles. The van der Waals surface area contributed by atoms with Crippen molar-refractivity contribution < 1.29 is 13.2 Å². The molecule has 1 aliphatic carbocycles. The molecule has 5 rings (SSSR count). The number of rotatable bonds is 5. The zero-order chi connectivity index (χ0) is 24.4. The molecule has 7 nitrogen and oxygen atoms in total. The third-order valence-electron chi connectivity index (χ3n) is 6.89. The Morgan fingerprint density at radius 3 is 2.66 bits per heavy atom. The summed E-state index contributed by atoms with van der Waals surface area (Å²) in [6, 6.07) is 2.84. The van der Waals surface area contributed by atoms with Crippen LogP contribution in [0.4, 0.5) is 18.9 Å².